The van der Waals surface area contributed by atoms with Gasteiger partial charge in [-0.05, 0) is 67.5 Å². The molecule has 0 aromatic heterocycles. The Morgan fingerprint density at radius 1 is 1.05 bits per heavy atom. The first-order valence-electron chi connectivity index (χ1n) is 13.5. The average molecular weight is 557 g/mol. The van der Waals surface area contributed by atoms with Crippen LogP contribution in [0.5, 0.6) is 0 Å². The van der Waals surface area contributed by atoms with Crippen LogP contribution < -0.4 is 10.2 Å². The fourth-order valence-corrected chi connectivity index (χ4v) is 6.20. The van der Waals surface area contributed by atoms with Crippen LogP contribution in [0.15, 0.2) is 35.6 Å². The van der Waals surface area contributed by atoms with Crippen LogP contribution in [0.3, 0.4) is 0 Å². The van der Waals surface area contributed by atoms with E-state index in [-0.39, 0.29) is 41.8 Å². The Morgan fingerprint density at radius 3 is 2.36 bits per heavy atom. The summed E-state index contributed by atoms with van der Waals surface area (Å²) >= 11 is 5.75. The van der Waals surface area contributed by atoms with Crippen molar-refractivity contribution < 1.29 is 28.7 Å². The lowest BCUT2D eigenvalue weighted by Gasteiger charge is -2.29. The molecule has 4 atom stereocenters. The zero-order valence-electron chi connectivity index (χ0n) is 22.1. The summed E-state index contributed by atoms with van der Waals surface area (Å²) in [6.45, 7) is 5.98. The highest BCUT2D eigenvalue weighted by Crippen LogP contribution is 2.32. The Bertz CT molecular complexity index is 1210. The summed E-state index contributed by atoms with van der Waals surface area (Å²) in [6.07, 6.45) is 2.74. The first-order chi connectivity index (χ1) is 18.6. The number of nitrogens with one attached hydrogen (secondary N) is 1. The maximum absolute atomic E-state index is 13.7. The molecule has 208 valence electrons. The highest BCUT2D eigenvalue weighted by Gasteiger charge is 2.54. The SMILES string of the molecule is CC(C)CC(NC(=O)c1ccc(N2CCCC2)cc1)C(=O)N1CCC2C1C(=O)CN2C(=O)C1OC(Cl)=CC1=O. The third kappa shape index (κ3) is 5.39. The third-order valence-corrected chi connectivity index (χ3v) is 8.07. The molecular weight excluding hydrogens is 524 g/mol. The minimum Gasteiger partial charge on any atom is -0.461 e. The van der Waals surface area contributed by atoms with Gasteiger partial charge in [-0.15, -0.1) is 0 Å². The minimum absolute atomic E-state index is 0.107. The molecule has 3 amide bonds. The van der Waals surface area contributed by atoms with Gasteiger partial charge in [0.25, 0.3) is 11.8 Å². The molecule has 4 heterocycles. The van der Waals surface area contributed by atoms with Gasteiger partial charge in [0.1, 0.15) is 12.1 Å². The number of fused-ring (bicyclic) bond motifs is 1. The monoisotopic (exact) mass is 556 g/mol. The number of hydrogen-bond acceptors (Lipinski definition) is 7. The van der Waals surface area contributed by atoms with Crippen LogP contribution in [-0.4, -0.2) is 89.5 Å². The largest absolute Gasteiger partial charge is 0.461 e. The zero-order valence-corrected chi connectivity index (χ0v) is 22.9. The topological polar surface area (TPSA) is 116 Å². The number of rotatable bonds is 7. The van der Waals surface area contributed by atoms with Crippen molar-refractivity contribution in [1.29, 1.82) is 0 Å². The maximum atomic E-state index is 13.7. The molecule has 0 spiro atoms. The summed E-state index contributed by atoms with van der Waals surface area (Å²) in [5, 5.41) is 2.73. The van der Waals surface area contributed by atoms with Gasteiger partial charge >= 0.3 is 0 Å². The normalized spacial score (nSPS) is 25.2. The number of halogens is 1. The molecule has 1 N–H and O–H groups in total. The Morgan fingerprint density at radius 2 is 1.74 bits per heavy atom. The number of likely N-dealkylation sites (tertiary alicyclic amines) is 2. The van der Waals surface area contributed by atoms with E-state index >= 15 is 0 Å². The van der Waals surface area contributed by atoms with E-state index in [0.717, 1.165) is 37.7 Å². The van der Waals surface area contributed by atoms with Gasteiger partial charge < -0.3 is 24.8 Å². The Labute approximate surface area is 232 Å². The summed E-state index contributed by atoms with van der Waals surface area (Å²) in [7, 11) is 0. The summed E-state index contributed by atoms with van der Waals surface area (Å²) in [5.41, 5.74) is 1.53. The van der Waals surface area contributed by atoms with Crippen LogP contribution in [0, 0.1) is 5.92 Å². The number of nitrogens with zero attached hydrogens (tertiary/aromatic N) is 3. The van der Waals surface area contributed by atoms with Crippen LogP contribution in [0.25, 0.3) is 0 Å². The van der Waals surface area contributed by atoms with Gasteiger partial charge in [-0.2, -0.15) is 0 Å². The number of benzene rings is 1. The molecule has 10 nitrogen and oxygen atoms in total. The minimum atomic E-state index is -1.40. The molecule has 11 heteroatoms. The van der Waals surface area contributed by atoms with Crippen LogP contribution in [0.4, 0.5) is 5.69 Å². The number of ether oxygens (including phenoxy) is 1. The van der Waals surface area contributed by atoms with Gasteiger partial charge in [-0.1, -0.05) is 13.8 Å². The number of amides is 3. The molecule has 4 aliphatic rings. The molecular formula is C28H33ClN4O6. The first kappa shape index (κ1) is 27.2. The smallest absolute Gasteiger partial charge is 0.272 e. The molecule has 3 fully saturated rings. The Balaban J connectivity index is 1.27. The molecule has 0 bridgehead atoms. The predicted molar refractivity (Wildman–Crippen MR) is 143 cm³/mol. The summed E-state index contributed by atoms with van der Waals surface area (Å²) < 4.78 is 5.15. The van der Waals surface area contributed by atoms with E-state index in [1.54, 1.807) is 12.1 Å². The van der Waals surface area contributed by atoms with Crippen LogP contribution in [0.1, 0.15) is 49.9 Å². The third-order valence-electron chi connectivity index (χ3n) is 7.87. The van der Waals surface area contributed by atoms with Gasteiger partial charge in [0, 0.05) is 37.0 Å². The summed E-state index contributed by atoms with van der Waals surface area (Å²) in [4.78, 5) is 70.1. The highest BCUT2D eigenvalue weighted by molar-refractivity contribution is 6.32. The van der Waals surface area contributed by atoms with Crippen molar-refractivity contribution in [3.63, 3.8) is 0 Å². The van der Waals surface area contributed by atoms with Crippen LogP contribution in [-0.2, 0) is 23.9 Å². The first-order valence-corrected chi connectivity index (χ1v) is 13.9. The molecule has 0 aliphatic carbocycles. The Kier molecular flexibility index (Phi) is 7.66. The van der Waals surface area contributed by atoms with E-state index in [1.807, 2.05) is 26.0 Å². The number of Topliss-reactive ketones (excluding diaryl/α,β-unsaturated/α-hetero) is 1. The predicted octanol–water partition coefficient (Wildman–Crippen LogP) is 1.86. The van der Waals surface area contributed by atoms with E-state index in [2.05, 4.69) is 10.2 Å². The number of ketones is 2. The average Bonchev–Trinajstić information content (AvgIpc) is 3.69. The van der Waals surface area contributed by atoms with Gasteiger partial charge in [-0.3, -0.25) is 24.0 Å². The fourth-order valence-electron chi connectivity index (χ4n) is 6.01. The standard InChI is InChI=1S/C28H33ClN4O6/c1-16(2)13-19(30-26(36)17-5-7-18(8-6-17)31-10-3-4-11-31)27(37)32-12-9-20-24(32)22(35)15-33(20)28(38)25-21(34)14-23(29)39-25/h5-8,14,16,19-20,24-25H,3-4,9-13,15H2,1-2H3,(H,30,36). The molecule has 0 radical (unpaired) electrons. The number of carbonyl (C=O) groups is 5. The lowest BCUT2D eigenvalue weighted by molar-refractivity contribution is -0.145. The fraction of sp³-hybridized carbons (Fsp3) is 0.536. The van der Waals surface area contributed by atoms with E-state index < -0.39 is 35.9 Å². The second-order valence-corrected chi connectivity index (χ2v) is 11.4. The van der Waals surface area contributed by atoms with Crippen molar-refractivity contribution in [3.8, 4) is 0 Å². The number of anilines is 1. The van der Waals surface area contributed by atoms with Gasteiger partial charge in [0.2, 0.25) is 17.8 Å². The van der Waals surface area contributed by atoms with Crippen LogP contribution in [0.2, 0.25) is 0 Å². The number of hydrogen-bond donors (Lipinski definition) is 1. The molecule has 39 heavy (non-hydrogen) atoms. The molecule has 0 saturated carbocycles. The molecule has 4 unspecified atom stereocenters. The highest BCUT2D eigenvalue weighted by atomic mass is 35.5. The van der Waals surface area contributed by atoms with E-state index in [1.165, 1.54) is 9.80 Å². The number of carbonyl (C=O) groups excluding carboxylic acids is 5. The van der Waals surface area contributed by atoms with Crippen molar-refractivity contribution in [3.05, 3.63) is 41.1 Å². The van der Waals surface area contributed by atoms with Crippen molar-refractivity contribution >= 4 is 46.6 Å². The molecule has 1 aromatic rings. The lowest BCUT2D eigenvalue weighted by atomic mass is 10.0. The van der Waals surface area contributed by atoms with E-state index in [9.17, 15) is 24.0 Å². The molecule has 3 saturated heterocycles. The van der Waals surface area contributed by atoms with Crippen molar-refractivity contribution in [1.82, 2.24) is 15.1 Å². The molecule has 4 aliphatic heterocycles. The van der Waals surface area contributed by atoms with Crippen molar-refractivity contribution in [2.24, 2.45) is 5.92 Å². The second-order valence-electron chi connectivity index (χ2n) is 11.0. The Hall–Kier alpha value is -3.40. The van der Waals surface area contributed by atoms with Crippen LogP contribution >= 0.6 is 11.6 Å². The molecule has 1 aromatic carbocycles. The zero-order chi connectivity index (χ0) is 27.8. The lowest BCUT2D eigenvalue weighted by Crippen LogP contribution is -2.53. The van der Waals surface area contributed by atoms with Gasteiger partial charge in [-0.25, -0.2) is 0 Å². The summed E-state index contributed by atoms with van der Waals surface area (Å²) in [6, 6.07) is 5.18. The second kappa shape index (κ2) is 11.0. The van der Waals surface area contributed by atoms with E-state index in [0.29, 0.717) is 18.4 Å². The van der Waals surface area contributed by atoms with Crippen molar-refractivity contribution in [2.75, 3.05) is 31.1 Å². The maximum Gasteiger partial charge on any atom is 0.272 e. The van der Waals surface area contributed by atoms with Gasteiger partial charge in [0.05, 0.1) is 12.6 Å². The van der Waals surface area contributed by atoms with E-state index in [4.69, 9.17) is 16.3 Å². The van der Waals surface area contributed by atoms with Gasteiger partial charge in [0.15, 0.2) is 11.0 Å². The summed E-state index contributed by atoms with van der Waals surface area (Å²) in [5.74, 6) is -2.08. The molecule has 5 rings (SSSR count). The van der Waals surface area contributed by atoms with Crippen molar-refractivity contribution in [2.45, 2.75) is 63.8 Å². The quantitative estimate of drug-likeness (QED) is 0.510.